The van der Waals surface area contributed by atoms with Crippen LogP contribution in [0.15, 0.2) is 31.9 Å². The van der Waals surface area contributed by atoms with E-state index in [0.29, 0.717) is 5.52 Å². The minimum Gasteiger partial charge on any atom is -0.503 e. The number of aromatic nitrogens is 1. The summed E-state index contributed by atoms with van der Waals surface area (Å²) in [4.78, 5) is 13.7. The van der Waals surface area contributed by atoms with Gasteiger partial charge in [0.2, 0.25) is 0 Å². The van der Waals surface area contributed by atoms with Crippen LogP contribution in [-0.4, -0.2) is 10.1 Å². The summed E-state index contributed by atoms with van der Waals surface area (Å²) < 4.78 is 1.67. The van der Waals surface area contributed by atoms with Crippen LogP contribution in [0.2, 0.25) is 0 Å². The van der Waals surface area contributed by atoms with Crippen molar-refractivity contribution in [1.29, 1.82) is 0 Å². The summed E-state index contributed by atoms with van der Waals surface area (Å²) in [6, 6.07) is 5.06. The second-order valence-corrected chi connectivity index (χ2v) is 4.60. The molecule has 0 atom stereocenters. The number of H-pyrrole nitrogens is 1. The van der Waals surface area contributed by atoms with Gasteiger partial charge in [-0.05, 0) is 18.2 Å². The second kappa shape index (κ2) is 3.40. The molecule has 2 aromatic rings. The van der Waals surface area contributed by atoms with Crippen molar-refractivity contribution in [3.8, 4) is 5.75 Å². The first-order valence-electron chi connectivity index (χ1n) is 3.79. The molecule has 14 heavy (non-hydrogen) atoms. The average Bonchev–Trinajstić information content (AvgIpc) is 2.08. The molecular weight excluding hydrogens is 314 g/mol. The molecule has 2 rings (SSSR count). The largest absolute Gasteiger partial charge is 0.503 e. The lowest BCUT2D eigenvalue weighted by atomic mass is 10.2. The predicted molar refractivity (Wildman–Crippen MR) is 61.6 cm³/mol. The fourth-order valence-electron chi connectivity index (χ4n) is 1.22. The number of pyridine rings is 1. The van der Waals surface area contributed by atoms with Gasteiger partial charge in [0, 0.05) is 14.3 Å². The van der Waals surface area contributed by atoms with E-state index in [9.17, 15) is 9.90 Å². The van der Waals surface area contributed by atoms with Gasteiger partial charge in [0.1, 0.15) is 0 Å². The summed E-state index contributed by atoms with van der Waals surface area (Å²) in [6.45, 7) is 0. The Bertz CT molecular complexity index is 562. The molecule has 72 valence electrons. The van der Waals surface area contributed by atoms with Crippen LogP contribution in [0.3, 0.4) is 0 Å². The first kappa shape index (κ1) is 9.73. The smallest absolute Gasteiger partial charge is 0.290 e. The van der Waals surface area contributed by atoms with Gasteiger partial charge in [-0.15, -0.1) is 0 Å². The SMILES string of the molecule is O=c1[nH]c2cc(Br)cc(Br)c2cc1O. The molecule has 1 aromatic carbocycles. The van der Waals surface area contributed by atoms with Crippen molar-refractivity contribution in [2.24, 2.45) is 0 Å². The Morgan fingerprint density at radius 2 is 1.93 bits per heavy atom. The molecule has 3 nitrogen and oxygen atoms in total. The average molecular weight is 319 g/mol. The number of aromatic hydroxyl groups is 1. The number of hydrogen-bond acceptors (Lipinski definition) is 2. The molecule has 0 saturated heterocycles. The van der Waals surface area contributed by atoms with Crippen molar-refractivity contribution < 1.29 is 5.11 Å². The van der Waals surface area contributed by atoms with E-state index in [2.05, 4.69) is 36.8 Å². The van der Waals surface area contributed by atoms with Crippen molar-refractivity contribution in [3.63, 3.8) is 0 Å². The van der Waals surface area contributed by atoms with Crippen LogP contribution in [0.5, 0.6) is 5.75 Å². The molecular formula is C9H5Br2NO2. The molecule has 1 heterocycles. The number of rotatable bonds is 0. The normalized spacial score (nSPS) is 10.7. The van der Waals surface area contributed by atoms with E-state index >= 15 is 0 Å². The van der Waals surface area contributed by atoms with Gasteiger partial charge in [0.15, 0.2) is 5.75 Å². The van der Waals surface area contributed by atoms with Crippen molar-refractivity contribution in [3.05, 3.63) is 37.5 Å². The van der Waals surface area contributed by atoms with Gasteiger partial charge in [0.05, 0.1) is 5.52 Å². The van der Waals surface area contributed by atoms with Gasteiger partial charge in [-0.1, -0.05) is 31.9 Å². The molecule has 0 spiro atoms. The standard InChI is InChI=1S/C9H5Br2NO2/c10-4-1-6(11)5-3-8(13)9(14)12-7(5)2-4/h1-3,13H,(H,12,14). The molecule has 0 bridgehead atoms. The first-order chi connectivity index (χ1) is 6.58. The van der Waals surface area contributed by atoms with Gasteiger partial charge in [-0.3, -0.25) is 4.79 Å². The summed E-state index contributed by atoms with van der Waals surface area (Å²) in [5, 5.41) is 10.0. The van der Waals surface area contributed by atoms with Crippen molar-refractivity contribution >= 4 is 42.8 Å². The number of aromatic amines is 1. The molecule has 0 amide bonds. The molecule has 0 aliphatic rings. The van der Waals surface area contributed by atoms with Crippen LogP contribution in [0.25, 0.3) is 10.9 Å². The van der Waals surface area contributed by atoms with E-state index in [1.165, 1.54) is 6.07 Å². The Morgan fingerprint density at radius 1 is 1.21 bits per heavy atom. The van der Waals surface area contributed by atoms with E-state index in [0.717, 1.165) is 14.3 Å². The summed E-state index contributed by atoms with van der Waals surface area (Å²) in [6.07, 6.45) is 0. The van der Waals surface area contributed by atoms with Crippen LogP contribution in [0.1, 0.15) is 0 Å². The maximum atomic E-state index is 11.1. The topological polar surface area (TPSA) is 53.1 Å². The third-order valence-electron chi connectivity index (χ3n) is 1.86. The lowest BCUT2D eigenvalue weighted by Crippen LogP contribution is -2.04. The minimum atomic E-state index is -0.484. The quantitative estimate of drug-likeness (QED) is 0.784. The molecule has 0 unspecified atom stereocenters. The maximum Gasteiger partial charge on any atom is 0.290 e. The summed E-state index contributed by atoms with van der Waals surface area (Å²) >= 11 is 6.66. The molecule has 0 aliphatic carbocycles. The highest BCUT2D eigenvalue weighted by atomic mass is 79.9. The lowest BCUT2D eigenvalue weighted by molar-refractivity contribution is 0.468. The zero-order chi connectivity index (χ0) is 10.3. The monoisotopic (exact) mass is 317 g/mol. The Kier molecular flexibility index (Phi) is 2.36. The fraction of sp³-hybridized carbons (Fsp3) is 0. The minimum absolute atomic E-state index is 0.277. The van der Waals surface area contributed by atoms with Crippen LogP contribution in [-0.2, 0) is 0 Å². The third kappa shape index (κ3) is 1.57. The Morgan fingerprint density at radius 3 is 2.64 bits per heavy atom. The molecule has 5 heteroatoms. The van der Waals surface area contributed by atoms with Gasteiger partial charge >= 0.3 is 0 Å². The Hall–Kier alpha value is -0.810. The zero-order valence-corrected chi connectivity index (χ0v) is 10.0. The van der Waals surface area contributed by atoms with E-state index in [-0.39, 0.29) is 5.75 Å². The van der Waals surface area contributed by atoms with Crippen molar-refractivity contribution in [2.45, 2.75) is 0 Å². The van der Waals surface area contributed by atoms with E-state index < -0.39 is 5.56 Å². The van der Waals surface area contributed by atoms with Gasteiger partial charge in [-0.25, -0.2) is 0 Å². The Labute approximate surface area is 96.0 Å². The number of benzene rings is 1. The first-order valence-corrected chi connectivity index (χ1v) is 5.37. The molecule has 0 radical (unpaired) electrons. The van der Waals surface area contributed by atoms with Crippen molar-refractivity contribution in [2.75, 3.05) is 0 Å². The van der Waals surface area contributed by atoms with Crippen LogP contribution < -0.4 is 5.56 Å². The fourth-order valence-corrected chi connectivity index (χ4v) is 2.56. The lowest BCUT2D eigenvalue weighted by Gasteiger charge is -2.02. The van der Waals surface area contributed by atoms with Crippen LogP contribution in [0.4, 0.5) is 0 Å². The summed E-state index contributed by atoms with van der Waals surface area (Å²) in [7, 11) is 0. The highest BCUT2D eigenvalue weighted by Crippen LogP contribution is 2.27. The third-order valence-corrected chi connectivity index (χ3v) is 2.97. The van der Waals surface area contributed by atoms with Crippen LogP contribution >= 0.6 is 31.9 Å². The van der Waals surface area contributed by atoms with Crippen molar-refractivity contribution in [1.82, 2.24) is 4.98 Å². The highest BCUT2D eigenvalue weighted by molar-refractivity contribution is 9.11. The van der Waals surface area contributed by atoms with Crippen LogP contribution in [0, 0.1) is 0 Å². The predicted octanol–water partition coefficient (Wildman–Crippen LogP) is 2.76. The zero-order valence-electron chi connectivity index (χ0n) is 6.84. The Balaban J connectivity index is 2.96. The molecule has 2 N–H and O–H groups in total. The van der Waals surface area contributed by atoms with E-state index in [4.69, 9.17) is 0 Å². The second-order valence-electron chi connectivity index (χ2n) is 2.83. The number of halogens is 2. The molecule has 0 saturated carbocycles. The van der Waals surface area contributed by atoms with E-state index in [1.54, 1.807) is 6.07 Å². The van der Waals surface area contributed by atoms with Gasteiger partial charge < -0.3 is 10.1 Å². The number of hydrogen-bond donors (Lipinski definition) is 2. The maximum absolute atomic E-state index is 11.1. The summed E-state index contributed by atoms with van der Waals surface area (Å²) in [5.41, 5.74) is 0.191. The molecule has 1 aromatic heterocycles. The van der Waals surface area contributed by atoms with Gasteiger partial charge in [0.25, 0.3) is 5.56 Å². The summed E-state index contributed by atoms with van der Waals surface area (Å²) in [5.74, 6) is -0.277. The van der Waals surface area contributed by atoms with Gasteiger partial charge in [-0.2, -0.15) is 0 Å². The number of nitrogens with one attached hydrogen (secondary N) is 1. The molecule has 0 fully saturated rings. The highest BCUT2D eigenvalue weighted by Gasteiger charge is 2.04. The molecule has 0 aliphatic heterocycles. The van der Waals surface area contributed by atoms with E-state index in [1.807, 2.05) is 6.07 Å². The number of fused-ring (bicyclic) bond motifs is 1.